The Bertz CT molecular complexity index is 387. The smallest absolute Gasteiger partial charge is 0.230 e. The molecule has 18 heavy (non-hydrogen) atoms. The van der Waals surface area contributed by atoms with E-state index in [9.17, 15) is 4.79 Å². The van der Waals surface area contributed by atoms with Crippen LogP contribution >= 0.6 is 11.8 Å². The summed E-state index contributed by atoms with van der Waals surface area (Å²) < 4.78 is 0. The van der Waals surface area contributed by atoms with Gasteiger partial charge in [-0.3, -0.25) is 4.79 Å². The third kappa shape index (κ3) is 3.95. The van der Waals surface area contributed by atoms with E-state index in [1.54, 1.807) is 11.8 Å². The summed E-state index contributed by atoms with van der Waals surface area (Å²) in [4.78, 5) is 12.2. The third-order valence-electron chi connectivity index (χ3n) is 3.01. The van der Waals surface area contributed by atoms with Crippen molar-refractivity contribution in [3.8, 4) is 0 Å². The summed E-state index contributed by atoms with van der Waals surface area (Å²) in [6.45, 7) is 4.60. The fraction of sp³-hybridized carbons (Fsp3) is 0.500. The van der Waals surface area contributed by atoms with Gasteiger partial charge in [0, 0.05) is 12.2 Å². The molecular formula is C14H22N2OS. The van der Waals surface area contributed by atoms with Gasteiger partial charge in [0.1, 0.15) is 0 Å². The molecule has 0 fully saturated rings. The van der Waals surface area contributed by atoms with Crippen molar-refractivity contribution in [3.63, 3.8) is 0 Å². The summed E-state index contributed by atoms with van der Waals surface area (Å²) in [7, 11) is 0. The lowest BCUT2D eigenvalue weighted by molar-refractivity contribution is -0.125. The van der Waals surface area contributed by atoms with Crippen molar-refractivity contribution in [1.29, 1.82) is 0 Å². The second-order valence-electron chi connectivity index (χ2n) is 4.85. The highest BCUT2D eigenvalue weighted by Crippen LogP contribution is 2.24. The molecule has 0 heterocycles. The molecule has 1 aromatic carbocycles. The lowest BCUT2D eigenvalue weighted by atomic mass is 9.83. The molecule has 1 aromatic rings. The SMILES string of the molecule is CSCCCNC(=O)C(C)(C)c1ccc(N)cc1. The van der Waals surface area contributed by atoms with E-state index in [4.69, 9.17) is 5.73 Å². The fourth-order valence-electron chi connectivity index (χ4n) is 1.67. The maximum absolute atomic E-state index is 12.2. The van der Waals surface area contributed by atoms with Gasteiger partial charge in [-0.15, -0.1) is 0 Å². The van der Waals surface area contributed by atoms with Crippen molar-refractivity contribution in [2.75, 3.05) is 24.3 Å². The van der Waals surface area contributed by atoms with Gasteiger partial charge in [0.15, 0.2) is 0 Å². The summed E-state index contributed by atoms with van der Waals surface area (Å²) in [5, 5.41) is 2.99. The summed E-state index contributed by atoms with van der Waals surface area (Å²) in [6.07, 6.45) is 3.07. The first-order chi connectivity index (χ1) is 8.48. The van der Waals surface area contributed by atoms with Crippen LogP contribution in [0.15, 0.2) is 24.3 Å². The molecule has 0 radical (unpaired) electrons. The Hall–Kier alpha value is -1.16. The molecule has 0 aliphatic rings. The molecule has 0 bridgehead atoms. The number of benzene rings is 1. The van der Waals surface area contributed by atoms with Gasteiger partial charge < -0.3 is 11.1 Å². The van der Waals surface area contributed by atoms with Gasteiger partial charge in [-0.05, 0) is 50.0 Å². The zero-order valence-electron chi connectivity index (χ0n) is 11.3. The number of carbonyl (C=O) groups excluding carboxylic acids is 1. The zero-order valence-corrected chi connectivity index (χ0v) is 12.1. The molecule has 0 spiro atoms. The average Bonchev–Trinajstić information content (AvgIpc) is 2.35. The van der Waals surface area contributed by atoms with E-state index in [0.717, 1.165) is 30.0 Å². The number of amides is 1. The van der Waals surface area contributed by atoms with E-state index in [0.29, 0.717) is 0 Å². The maximum atomic E-state index is 12.2. The van der Waals surface area contributed by atoms with Crippen LogP contribution in [0.4, 0.5) is 5.69 Å². The Balaban J connectivity index is 2.61. The predicted molar refractivity (Wildman–Crippen MR) is 79.9 cm³/mol. The van der Waals surface area contributed by atoms with Crippen LogP contribution in [-0.4, -0.2) is 24.5 Å². The lowest BCUT2D eigenvalue weighted by Crippen LogP contribution is -2.40. The molecule has 4 heteroatoms. The predicted octanol–water partition coefficient (Wildman–Crippen LogP) is 2.42. The second-order valence-corrected chi connectivity index (χ2v) is 5.83. The van der Waals surface area contributed by atoms with E-state index in [1.165, 1.54) is 0 Å². The Morgan fingerprint density at radius 2 is 1.94 bits per heavy atom. The molecule has 1 rings (SSSR count). The number of nitrogens with two attached hydrogens (primary N) is 1. The Morgan fingerprint density at radius 3 is 2.50 bits per heavy atom. The molecule has 3 nitrogen and oxygen atoms in total. The molecule has 0 unspecified atom stereocenters. The van der Waals surface area contributed by atoms with Crippen LogP contribution < -0.4 is 11.1 Å². The molecule has 3 N–H and O–H groups in total. The largest absolute Gasteiger partial charge is 0.399 e. The van der Waals surface area contributed by atoms with Crippen molar-refractivity contribution in [2.45, 2.75) is 25.7 Å². The minimum Gasteiger partial charge on any atom is -0.399 e. The van der Waals surface area contributed by atoms with Gasteiger partial charge in [0.25, 0.3) is 0 Å². The topological polar surface area (TPSA) is 55.1 Å². The number of thioether (sulfide) groups is 1. The highest BCUT2D eigenvalue weighted by molar-refractivity contribution is 7.98. The van der Waals surface area contributed by atoms with E-state index in [2.05, 4.69) is 11.6 Å². The van der Waals surface area contributed by atoms with Gasteiger partial charge in [0.2, 0.25) is 5.91 Å². The minimum atomic E-state index is -0.521. The van der Waals surface area contributed by atoms with E-state index in [1.807, 2.05) is 38.1 Å². The quantitative estimate of drug-likeness (QED) is 0.614. The van der Waals surface area contributed by atoms with E-state index in [-0.39, 0.29) is 5.91 Å². The first-order valence-electron chi connectivity index (χ1n) is 6.11. The van der Waals surface area contributed by atoms with Gasteiger partial charge in [0.05, 0.1) is 5.41 Å². The van der Waals surface area contributed by atoms with Crippen molar-refractivity contribution in [1.82, 2.24) is 5.32 Å². The minimum absolute atomic E-state index is 0.0633. The van der Waals surface area contributed by atoms with Gasteiger partial charge in [-0.2, -0.15) is 11.8 Å². The molecule has 0 saturated heterocycles. The number of hydrogen-bond donors (Lipinski definition) is 2. The van der Waals surface area contributed by atoms with Gasteiger partial charge in [-0.1, -0.05) is 12.1 Å². The number of nitrogen functional groups attached to an aromatic ring is 1. The summed E-state index contributed by atoms with van der Waals surface area (Å²) in [5.41, 5.74) is 6.84. The highest BCUT2D eigenvalue weighted by atomic mass is 32.2. The Labute approximate surface area is 114 Å². The van der Waals surface area contributed by atoms with Gasteiger partial charge >= 0.3 is 0 Å². The average molecular weight is 266 g/mol. The maximum Gasteiger partial charge on any atom is 0.230 e. The number of nitrogens with one attached hydrogen (secondary N) is 1. The standard InChI is InChI=1S/C14H22N2OS/c1-14(2,11-5-7-12(15)8-6-11)13(17)16-9-4-10-18-3/h5-8H,4,9-10,15H2,1-3H3,(H,16,17). The lowest BCUT2D eigenvalue weighted by Gasteiger charge is -2.24. The summed E-state index contributed by atoms with van der Waals surface area (Å²) in [5.74, 6) is 1.14. The van der Waals surface area contributed by atoms with Crippen molar-refractivity contribution in [3.05, 3.63) is 29.8 Å². The van der Waals surface area contributed by atoms with Crippen LogP contribution in [0.25, 0.3) is 0 Å². The number of hydrogen-bond acceptors (Lipinski definition) is 3. The van der Waals surface area contributed by atoms with Crippen LogP contribution in [0.2, 0.25) is 0 Å². The molecule has 0 aromatic heterocycles. The second kappa shape index (κ2) is 6.69. The van der Waals surface area contributed by atoms with Gasteiger partial charge in [-0.25, -0.2) is 0 Å². The molecular weight excluding hydrogens is 244 g/mol. The molecule has 0 aliphatic heterocycles. The first kappa shape index (κ1) is 14.9. The van der Waals surface area contributed by atoms with E-state index < -0.39 is 5.41 Å². The fourth-order valence-corrected chi connectivity index (χ4v) is 2.10. The van der Waals surface area contributed by atoms with Crippen LogP contribution in [0.1, 0.15) is 25.8 Å². The van der Waals surface area contributed by atoms with Crippen LogP contribution in [0.5, 0.6) is 0 Å². The summed E-state index contributed by atoms with van der Waals surface area (Å²) >= 11 is 1.79. The first-order valence-corrected chi connectivity index (χ1v) is 7.51. The normalized spacial score (nSPS) is 11.3. The monoisotopic (exact) mass is 266 g/mol. The molecule has 0 atom stereocenters. The molecule has 0 saturated carbocycles. The van der Waals surface area contributed by atoms with Crippen LogP contribution in [0, 0.1) is 0 Å². The number of anilines is 1. The zero-order chi connectivity index (χ0) is 13.6. The highest BCUT2D eigenvalue weighted by Gasteiger charge is 2.29. The van der Waals surface area contributed by atoms with Crippen LogP contribution in [0.3, 0.4) is 0 Å². The third-order valence-corrected chi connectivity index (χ3v) is 3.71. The Morgan fingerprint density at radius 1 is 1.33 bits per heavy atom. The van der Waals surface area contributed by atoms with Crippen LogP contribution in [-0.2, 0) is 10.2 Å². The van der Waals surface area contributed by atoms with Crippen molar-refractivity contribution >= 4 is 23.4 Å². The number of carbonyl (C=O) groups is 1. The van der Waals surface area contributed by atoms with E-state index >= 15 is 0 Å². The molecule has 100 valence electrons. The summed E-state index contributed by atoms with van der Waals surface area (Å²) in [6, 6.07) is 7.49. The molecule has 0 aliphatic carbocycles. The Kier molecular flexibility index (Phi) is 5.54. The molecule has 1 amide bonds. The van der Waals surface area contributed by atoms with Crippen molar-refractivity contribution in [2.24, 2.45) is 0 Å². The van der Waals surface area contributed by atoms with Crippen molar-refractivity contribution < 1.29 is 4.79 Å². The number of rotatable bonds is 6.